The van der Waals surface area contributed by atoms with Crippen molar-refractivity contribution in [2.75, 3.05) is 0 Å². The predicted molar refractivity (Wildman–Crippen MR) is 44.9 cm³/mol. The Labute approximate surface area is 95.1 Å². The van der Waals surface area contributed by atoms with Gasteiger partial charge >= 0.3 is 96.0 Å². The van der Waals surface area contributed by atoms with Gasteiger partial charge in [0, 0.05) is 0 Å². The summed E-state index contributed by atoms with van der Waals surface area (Å²) in [4.78, 5) is 0. The topological polar surface area (TPSA) is 0 Å². The zero-order chi connectivity index (χ0) is 8.81. The molecule has 0 radical (unpaired) electrons. The van der Waals surface area contributed by atoms with Gasteiger partial charge in [-0.15, -0.1) is 0 Å². The molecule has 0 bridgehead atoms. The van der Waals surface area contributed by atoms with E-state index in [0.29, 0.717) is 5.41 Å². The van der Waals surface area contributed by atoms with Gasteiger partial charge in [0.05, 0.1) is 0 Å². The number of rotatable bonds is 0. The van der Waals surface area contributed by atoms with Gasteiger partial charge in [0.15, 0.2) is 0 Å². The fraction of sp³-hybridized carbons (Fsp3) is 0.600. The first-order chi connectivity index (χ1) is 4.89. The molecule has 1 rings (SSSR count). The van der Waals surface area contributed by atoms with E-state index in [0.717, 1.165) is 0 Å². The molecule has 1 aliphatic rings. The summed E-state index contributed by atoms with van der Waals surface area (Å²) >= 11 is 2.04. The van der Waals surface area contributed by atoms with E-state index in [1.165, 1.54) is 11.1 Å². The first-order valence-electron chi connectivity index (χ1n) is 3.93. The summed E-state index contributed by atoms with van der Waals surface area (Å²) in [7, 11) is 0. The van der Waals surface area contributed by atoms with E-state index < -0.39 is 0 Å². The molecular formula is C10H15Gd. The Balaban J connectivity index is 3.27. The maximum absolute atomic E-state index is 2.31. The van der Waals surface area contributed by atoms with Gasteiger partial charge in [-0.2, -0.15) is 0 Å². The molecule has 0 aromatic heterocycles. The van der Waals surface area contributed by atoms with Crippen molar-refractivity contribution in [1.82, 2.24) is 0 Å². The van der Waals surface area contributed by atoms with Crippen molar-refractivity contribution < 1.29 is 37.9 Å². The zero-order valence-electron chi connectivity index (χ0n) is 7.85. The standard InChI is InChI=1S/C10H15.Gd/c1-7-6-10(4,5)9(3)8(7)2;/h1-5H3;. The van der Waals surface area contributed by atoms with Crippen LogP contribution in [-0.2, 0) is 0 Å². The van der Waals surface area contributed by atoms with Gasteiger partial charge in [0.2, 0.25) is 0 Å². The molecule has 0 spiro atoms. The second-order valence-corrected chi connectivity index (χ2v) is 4.94. The minimum atomic E-state index is 0.326. The first kappa shape index (κ1) is 9.89. The summed E-state index contributed by atoms with van der Waals surface area (Å²) in [5.41, 5.74) is 4.87. The molecule has 0 atom stereocenters. The summed E-state index contributed by atoms with van der Waals surface area (Å²) in [5, 5.41) is 0. The predicted octanol–water partition coefficient (Wildman–Crippen LogP) is 3.19. The first-order valence-corrected chi connectivity index (χ1v) is 5.06. The van der Waals surface area contributed by atoms with Gasteiger partial charge in [0.25, 0.3) is 0 Å². The summed E-state index contributed by atoms with van der Waals surface area (Å²) in [5.74, 6) is 0. The van der Waals surface area contributed by atoms with Crippen LogP contribution in [0.25, 0.3) is 0 Å². The van der Waals surface area contributed by atoms with E-state index in [4.69, 9.17) is 0 Å². The zero-order valence-corrected chi connectivity index (χ0v) is 10.1. The van der Waals surface area contributed by atoms with Crippen LogP contribution in [0.4, 0.5) is 0 Å². The fourth-order valence-electron chi connectivity index (χ4n) is 1.54. The van der Waals surface area contributed by atoms with Crippen molar-refractivity contribution >= 4 is 0 Å². The monoisotopic (exact) mass is 293 g/mol. The summed E-state index contributed by atoms with van der Waals surface area (Å²) in [6.45, 7) is 11.3. The Morgan fingerprint density at radius 1 is 1.00 bits per heavy atom. The third kappa shape index (κ3) is 1.36. The molecule has 0 unspecified atom stereocenters. The third-order valence-corrected chi connectivity index (χ3v) is 5.18. The van der Waals surface area contributed by atoms with Crippen molar-refractivity contribution in [3.8, 4) is 0 Å². The Hall–Kier alpha value is 0.805. The van der Waals surface area contributed by atoms with Crippen LogP contribution in [0.2, 0.25) is 0 Å². The van der Waals surface area contributed by atoms with Crippen molar-refractivity contribution in [2.24, 2.45) is 5.41 Å². The molecule has 11 heavy (non-hydrogen) atoms. The second-order valence-electron chi connectivity index (χ2n) is 3.80. The molecule has 0 N–H and O–H groups in total. The SMILES string of the molecule is CC1=C(C)C(C)(C)[C]([Gd])=C1C. The molecule has 1 aliphatic carbocycles. The third-order valence-electron chi connectivity index (χ3n) is 2.92. The Bertz CT molecular complexity index is 228. The van der Waals surface area contributed by atoms with Gasteiger partial charge in [-0.25, -0.2) is 0 Å². The van der Waals surface area contributed by atoms with Crippen LogP contribution in [0.15, 0.2) is 18.1 Å². The Morgan fingerprint density at radius 3 is 1.55 bits per heavy atom. The van der Waals surface area contributed by atoms with E-state index in [1.807, 2.05) is 37.9 Å². The molecule has 0 aliphatic heterocycles. The molecule has 0 aromatic rings. The van der Waals surface area contributed by atoms with Gasteiger partial charge < -0.3 is 0 Å². The van der Waals surface area contributed by atoms with Crippen LogP contribution in [-0.4, -0.2) is 0 Å². The molecule has 1 heteroatoms. The number of allylic oxidation sites excluding steroid dienone is 4. The summed E-state index contributed by atoms with van der Waals surface area (Å²) < 4.78 is 1.56. The van der Waals surface area contributed by atoms with Gasteiger partial charge in [0.1, 0.15) is 0 Å². The molecule has 0 saturated carbocycles. The molecule has 0 aromatic carbocycles. The van der Waals surface area contributed by atoms with Crippen LogP contribution in [0.3, 0.4) is 0 Å². The molecule has 0 saturated heterocycles. The van der Waals surface area contributed by atoms with E-state index >= 15 is 0 Å². The Morgan fingerprint density at radius 2 is 1.45 bits per heavy atom. The molecule has 63 valence electrons. The second kappa shape index (κ2) is 2.94. The molecule has 0 heterocycles. The quantitative estimate of drug-likeness (QED) is 0.643. The number of hydrogen-bond donors (Lipinski definition) is 0. The molecular weight excluding hydrogens is 277 g/mol. The number of hydrogen-bond acceptors (Lipinski definition) is 0. The van der Waals surface area contributed by atoms with Crippen LogP contribution < -0.4 is 0 Å². The fourth-order valence-corrected chi connectivity index (χ4v) is 2.39. The molecule has 0 nitrogen and oxygen atoms in total. The van der Waals surface area contributed by atoms with Crippen molar-refractivity contribution in [2.45, 2.75) is 34.6 Å². The maximum atomic E-state index is 2.31. The van der Waals surface area contributed by atoms with Crippen molar-refractivity contribution in [3.63, 3.8) is 0 Å². The van der Waals surface area contributed by atoms with E-state index in [9.17, 15) is 0 Å². The van der Waals surface area contributed by atoms with E-state index in [1.54, 1.807) is 6.93 Å². The average molecular weight is 292 g/mol. The van der Waals surface area contributed by atoms with E-state index in [2.05, 4.69) is 34.6 Å². The van der Waals surface area contributed by atoms with Gasteiger partial charge in [-0.3, -0.25) is 0 Å². The van der Waals surface area contributed by atoms with Crippen LogP contribution >= 0.6 is 0 Å². The van der Waals surface area contributed by atoms with Crippen molar-refractivity contribution in [3.05, 3.63) is 18.1 Å². The summed E-state index contributed by atoms with van der Waals surface area (Å²) in [6, 6.07) is 0. The van der Waals surface area contributed by atoms with Gasteiger partial charge in [-0.05, 0) is 0 Å². The molecule has 0 fully saturated rings. The van der Waals surface area contributed by atoms with Gasteiger partial charge in [-0.1, -0.05) is 0 Å². The average Bonchev–Trinajstić information content (AvgIpc) is 2.06. The van der Waals surface area contributed by atoms with E-state index in [-0.39, 0.29) is 0 Å². The minimum absolute atomic E-state index is 0.326. The van der Waals surface area contributed by atoms with Crippen LogP contribution in [0.5, 0.6) is 0 Å². The normalized spacial score (nSPS) is 23.5. The summed E-state index contributed by atoms with van der Waals surface area (Å²) in [6.07, 6.45) is 0. The molecule has 0 amide bonds. The Kier molecular flexibility index (Phi) is 2.64. The van der Waals surface area contributed by atoms with Crippen molar-refractivity contribution in [1.29, 1.82) is 0 Å². The van der Waals surface area contributed by atoms with Crippen LogP contribution in [0, 0.1) is 43.3 Å². The van der Waals surface area contributed by atoms with Crippen LogP contribution in [0.1, 0.15) is 34.6 Å².